The van der Waals surface area contributed by atoms with Gasteiger partial charge >= 0.3 is 0 Å². The number of ether oxygens (including phenoxy) is 1. The van der Waals surface area contributed by atoms with Crippen LogP contribution in [0.2, 0.25) is 0 Å². The minimum absolute atomic E-state index is 0.0874. The molecule has 1 atom stereocenters. The predicted octanol–water partition coefficient (Wildman–Crippen LogP) is 1.93. The van der Waals surface area contributed by atoms with Crippen molar-refractivity contribution in [1.29, 1.82) is 0 Å². The van der Waals surface area contributed by atoms with Crippen molar-refractivity contribution in [2.45, 2.75) is 13.0 Å². The molecule has 0 aliphatic heterocycles. The van der Waals surface area contributed by atoms with Gasteiger partial charge in [-0.25, -0.2) is 4.98 Å². The van der Waals surface area contributed by atoms with Gasteiger partial charge in [0.25, 0.3) is 5.91 Å². The third-order valence-corrected chi connectivity index (χ3v) is 3.76. The molecular formula is C14H16N2O3S. The number of nitrogens with zero attached hydrogens (tertiary/aromatic N) is 1. The molecule has 20 heavy (non-hydrogen) atoms. The number of carbonyl (C=O) groups excluding carboxylic acids is 1. The Morgan fingerprint density at radius 2 is 2.15 bits per heavy atom. The zero-order valence-electron chi connectivity index (χ0n) is 11.3. The Balaban J connectivity index is 2.13. The molecule has 2 rings (SSSR count). The van der Waals surface area contributed by atoms with Gasteiger partial charge in [-0.2, -0.15) is 0 Å². The van der Waals surface area contributed by atoms with Crippen molar-refractivity contribution in [2.75, 3.05) is 13.7 Å². The third-order valence-electron chi connectivity index (χ3n) is 2.72. The van der Waals surface area contributed by atoms with E-state index in [1.54, 1.807) is 20.2 Å². The molecule has 0 saturated heterocycles. The molecule has 0 aliphatic carbocycles. The van der Waals surface area contributed by atoms with E-state index in [-0.39, 0.29) is 18.6 Å². The molecule has 0 spiro atoms. The highest BCUT2D eigenvalue weighted by molar-refractivity contribution is 7.16. The van der Waals surface area contributed by atoms with Crippen LogP contribution in [0.3, 0.4) is 0 Å². The summed E-state index contributed by atoms with van der Waals surface area (Å²) >= 11 is 1.31. The Labute approximate surface area is 121 Å². The molecule has 1 heterocycles. The van der Waals surface area contributed by atoms with E-state index in [9.17, 15) is 4.79 Å². The zero-order chi connectivity index (χ0) is 14.5. The van der Waals surface area contributed by atoms with Crippen LogP contribution in [-0.4, -0.2) is 35.8 Å². The van der Waals surface area contributed by atoms with Gasteiger partial charge in [0, 0.05) is 11.6 Å². The van der Waals surface area contributed by atoms with Crippen LogP contribution in [0, 0.1) is 0 Å². The number of hydrogen-bond acceptors (Lipinski definition) is 5. The largest absolute Gasteiger partial charge is 0.497 e. The topological polar surface area (TPSA) is 71.5 Å². The number of hydrogen-bond donors (Lipinski definition) is 2. The van der Waals surface area contributed by atoms with E-state index < -0.39 is 0 Å². The Kier molecular flexibility index (Phi) is 4.70. The lowest BCUT2D eigenvalue weighted by Gasteiger charge is -2.08. The number of nitrogens with one attached hydrogen (secondary N) is 1. The first-order chi connectivity index (χ1) is 9.63. The number of aliphatic hydroxyl groups is 1. The van der Waals surface area contributed by atoms with Gasteiger partial charge in [-0.05, 0) is 31.2 Å². The van der Waals surface area contributed by atoms with Crippen molar-refractivity contribution in [3.05, 3.63) is 35.3 Å². The van der Waals surface area contributed by atoms with E-state index in [2.05, 4.69) is 10.3 Å². The summed E-state index contributed by atoms with van der Waals surface area (Å²) in [5.74, 6) is 0.559. The van der Waals surface area contributed by atoms with Gasteiger partial charge in [0.1, 0.15) is 15.6 Å². The first-order valence-electron chi connectivity index (χ1n) is 6.16. The normalized spacial score (nSPS) is 11.9. The fourth-order valence-electron chi connectivity index (χ4n) is 1.59. The highest BCUT2D eigenvalue weighted by Gasteiger charge is 2.13. The molecule has 1 amide bonds. The fourth-order valence-corrected chi connectivity index (χ4v) is 2.41. The van der Waals surface area contributed by atoms with Crippen LogP contribution >= 0.6 is 11.3 Å². The first-order valence-corrected chi connectivity index (χ1v) is 6.97. The van der Waals surface area contributed by atoms with Crippen molar-refractivity contribution in [3.8, 4) is 16.3 Å². The Hall–Kier alpha value is -1.92. The summed E-state index contributed by atoms with van der Waals surface area (Å²) in [6, 6.07) is 7.23. The molecule has 2 N–H and O–H groups in total. The molecule has 6 heteroatoms. The van der Waals surface area contributed by atoms with Crippen LogP contribution < -0.4 is 10.1 Å². The molecule has 1 aromatic heterocycles. The van der Waals surface area contributed by atoms with E-state index in [4.69, 9.17) is 9.84 Å². The van der Waals surface area contributed by atoms with Crippen LogP contribution in [0.4, 0.5) is 0 Å². The standard InChI is InChI=1S/C14H16N2O3S/c1-9(8-17)16-13(18)12-7-15-14(20-12)10-3-5-11(19-2)6-4-10/h3-7,9,17H,8H2,1-2H3,(H,16,18). The van der Waals surface area contributed by atoms with Crippen molar-refractivity contribution >= 4 is 17.2 Å². The smallest absolute Gasteiger partial charge is 0.263 e. The summed E-state index contributed by atoms with van der Waals surface area (Å²) < 4.78 is 5.10. The van der Waals surface area contributed by atoms with E-state index in [1.165, 1.54) is 11.3 Å². The summed E-state index contributed by atoms with van der Waals surface area (Å²) in [5.41, 5.74) is 0.935. The van der Waals surface area contributed by atoms with Gasteiger partial charge in [-0.1, -0.05) is 0 Å². The number of rotatable bonds is 5. The monoisotopic (exact) mass is 292 g/mol. The molecule has 5 nitrogen and oxygen atoms in total. The van der Waals surface area contributed by atoms with Crippen LogP contribution in [-0.2, 0) is 0 Å². The molecule has 106 valence electrons. The second-order valence-corrected chi connectivity index (χ2v) is 5.35. The van der Waals surface area contributed by atoms with Gasteiger partial charge in [-0.15, -0.1) is 11.3 Å². The fraction of sp³-hybridized carbons (Fsp3) is 0.286. The van der Waals surface area contributed by atoms with E-state index in [0.717, 1.165) is 16.3 Å². The number of amides is 1. The highest BCUT2D eigenvalue weighted by atomic mass is 32.1. The second-order valence-electron chi connectivity index (χ2n) is 4.32. The van der Waals surface area contributed by atoms with Crippen LogP contribution in [0.5, 0.6) is 5.75 Å². The number of thiazole rings is 1. The average molecular weight is 292 g/mol. The van der Waals surface area contributed by atoms with Gasteiger partial charge in [-0.3, -0.25) is 4.79 Å². The first kappa shape index (κ1) is 14.5. The molecule has 1 aromatic carbocycles. The predicted molar refractivity (Wildman–Crippen MR) is 78.1 cm³/mol. The third kappa shape index (κ3) is 3.34. The number of carbonyl (C=O) groups is 1. The minimum atomic E-state index is -0.269. The molecule has 0 aliphatic rings. The van der Waals surface area contributed by atoms with Gasteiger partial charge in [0.2, 0.25) is 0 Å². The average Bonchev–Trinajstić information content (AvgIpc) is 2.97. The lowest BCUT2D eigenvalue weighted by atomic mass is 10.2. The zero-order valence-corrected chi connectivity index (χ0v) is 12.1. The van der Waals surface area contributed by atoms with E-state index >= 15 is 0 Å². The Bertz CT molecular complexity index is 580. The summed E-state index contributed by atoms with van der Waals surface area (Å²) in [6.45, 7) is 1.65. The SMILES string of the molecule is COc1ccc(-c2ncc(C(=O)NC(C)CO)s2)cc1. The summed E-state index contributed by atoms with van der Waals surface area (Å²) in [4.78, 5) is 16.7. The van der Waals surface area contributed by atoms with E-state index in [1.807, 2.05) is 24.3 Å². The number of aromatic nitrogens is 1. The van der Waals surface area contributed by atoms with Crippen molar-refractivity contribution < 1.29 is 14.6 Å². The summed E-state index contributed by atoms with van der Waals surface area (Å²) in [6.07, 6.45) is 1.55. The molecular weight excluding hydrogens is 276 g/mol. The van der Waals surface area contributed by atoms with Crippen LogP contribution in [0.25, 0.3) is 10.6 Å². The molecule has 1 unspecified atom stereocenters. The lowest BCUT2D eigenvalue weighted by molar-refractivity contribution is 0.0926. The van der Waals surface area contributed by atoms with Gasteiger partial charge in [0.05, 0.1) is 19.9 Å². The maximum atomic E-state index is 11.9. The quantitative estimate of drug-likeness (QED) is 0.883. The van der Waals surface area contributed by atoms with Crippen LogP contribution in [0.15, 0.2) is 30.5 Å². The maximum Gasteiger partial charge on any atom is 0.263 e. The molecule has 0 fully saturated rings. The summed E-state index contributed by atoms with van der Waals surface area (Å²) in [5, 5.41) is 12.4. The molecule has 0 bridgehead atoms. The minimum Gasteiger partial charge on any atom is -0.497 e. The highest BCUT2D eigenvalue weighted by Crippen LogP contribution is 2.26. The van der Waals surface area contributed by atoms with Crippen molar-refractivity contribution in [2.24, 2.45) is 0 Å². The maximum absolute atomic E-state index is 11.9. The Morgan fingerprint density at radius 3 is 2.75 bits per heavy atom. The number of benzene rings is 1. The van der Waals surface area contributed by atoms with E-state index in [0.29, 0.717) is 4.88 Å². The van der Waals surface area contributed by atoms with Crippen molar-refractivity contribution in [1.82, 2.24) is 10.3 Å². The molecule has 2 aromatic rings. The Morgan fingerprint density at radius 1 is 1.45 bits per heavy atom. The lowest BCUT2D eigenvalue weighted by Crippen LogP contribution is -2.34. The van der Waals surface area contributed by atoms with Gasteiger partial charge in [0.15, 0.2) is 0 Å². The van der Waals surface area contributed by atoms with Crippen LogP contribution in [0.1, 0.15) is 16.6 Å². The summed E-state index contributed by atoms with van der Waals surface area (Å²) in [7, 11) is 1.61. The number of methoxy groups -OCH3 is 1. The van der Waals surface area contributed by atoms with Gasteiger partial charge < -0.3 is 15.2 Å². The van der Waals surface area contributed by atoms with Crippen molar-refractivity contribution in [3.63, 3.8) is 0 Å². The molecule has 0 saturated carbocycles. The second kappa shape index (κ2) is 6.49. The number of aliphatic hydroxyl groups excluding tert-OH is 1. The molecule has 0 radical (unpaired) electrons.